The molecular formula is C11H19N3OS. The second-order valence-electron chi connectivity index (χ2n) is 4.11. The van der Waals surface area contributed by atoms with Gasteiger partial charge in [0.15, 0.2) is 0 Å². The zero-order valence-corrected chi connectivity index (χ0v) is 10.8. The molecule has 0 saturated carbocycles. The van der Waals surface area contributed by atoms with E-state index in [0.29, 0.717) is 0 Å². The van der Waals surface area contributed by atoms with Gasteiger partial charge < -0.3 is 11.1 Å². The summed E-state index contributed by atoms with van der Waals surface area (Å²) in [6, 6.07) is -0.466. The van der Waals surface area contributed by atoms with Gasteiger partial charge in [0.1, 0.15) is 5.01 Å². The summed E-state index contributed by atoms with van der Waals surface area (Å²) in [5, 5.41) is 5.78. The topological polar surface area (TPSA) is 68.0 Å². The molecule has 1 rings (SSSR count). The third kappa shape index (κ3) is 3.28. The van der Waals surface area contributed by atoms with Crippen molar-refractivity contribution in [3.05, 3.63) is 16.6 Å². The molecule has 1 amide bonds. The molecule has 0 aliphatic heterocycles. The first kappa shape index (κ1) is 13.1. The van der Waals surface area contributed by atoms with Gasteiger partial charge in [-0.3, -0.25) is 4.79 Å². The summed E-state index contributed by atoms with van der Waals surface area (Å²) < 4.78 is 0. The number of nitrogens with zero attached hydrogens (tertiary/aromatic N) is 1. The zero-order chi connectivity index (χ0) is 12.1. The molecule has 90 valence electrons. The Bertz CT molecular complexity index is 324. The minimum absolute atomic E-state index is 0.0164. The van der Waals surface area contributed by atoms with E-state index >= 15 is 0 Å². The Labute approximate surface area is 100 Å². The normalized spacial score (nSPS) is 14.8. The number of nitrogens with one attached hydrogen (secondary N) is 1. The van der Waals surface area contributed by atoms with Crippen LogP contribution in [0, 0.1) is 5.92 Å². The largest absolute Gasteiger partial charge is 0.346 e. The van der Waals surface area contributed by atoms with Crippen LogP contribution >= 0.6 is 11.3 Å². The van der Waals surface area contributed by atoms with E-state index in [2.05, 4.69) is 10.3 Å². The minimum atomic E-state index is -0.450. The molecule has 0 saturated heterocycles. The first-order chi connectivity index (χ1) is 7.56. The predicted molar refractivity (Wildman–Crippen MR) is 66.1 cm³/mol. The highest BCUT2D eigenvalue weighted by Gasteiger charge is 2.21. The third-order valence-corrected chi connectivity index (χ3v) is 3.38. The van der Waals surface area contributed by atoms with Crippen molar-refractivity contribution in [1.82, 2.24) is 10.3 Å². The number of carbonyl (C=O) groups is 1. The maximum absolute atomic E-state index is 11.8. The molecule has 4 nitrogen and oxygen atoms in total. The molecule has 1 aromatic heterocycles. The van der Waals surface area contributed by atoms with Gasteiger partial charge in [-0.15, -0.1) is 11.3 Å². The summed E-state index contributed by atoms with van der Waals surface area (Å²) in [4.78, 5) is 16.0. The molecule has 0 radical (unpaired) electrons. The number of aromatic nitrogens is 1. The van der Waals surface area contributed by atoms with E-state index in [1.807, 2.05) is 26.2 Å². The molecule has 1 heterocycles. The lowest BCUT2D eigenvalue weighted by atomic mass is 10.0. The van der Waals surface area contributed by atoms with Crippen LogP contribution in [0.25, 0.3) is 0 Å². The van der Waals surface area contributed by atoms with E-state index in [4.69, 9.17) is 5.73 Å². The summed E-state index contributed by atoms with van der Waals surface area (Å²) in [5.74, 6) is 0.0471. The van der Waals surface area contributed by atoms with Crippen molar-refractivity contribution in [2.45, 2.75) is 39.3 Å². The maximum atomic E-state index is 11.8. The van der Waals surface area contributed by atoms with E-state index in [1.165, 1.54) is 0 Å². The Morgan fingerprint density at radius 2 is 2.31 bits per heavy atom. The number of hydrogen-bond donors (Lipinski definition) is 2. The molecule has 3 N–H and O–H groups in total. The Morgan fingerprint density at radius 1 is 1.62 bits per heavy atom. The van der Waals surface area contributed by atoms with Crippen LogP contribution in [0.4, 0.5) is 0 Å². The van der Waals surface area contributed by atoms with E-state index in [9.17, 15) is 4.79 Å². The lowest BCUT2D eigenvalue weighted by Crippen LogP contribution is -2.45. The van der Waals surface area contributed by atoms with Crippen molar-refractivity contribution in [2.24, 2.45) is 11.7 Å². The monoisotopic (exact) mass is 241 g/mol. The highest BCUT2D eigenvalue weighted by Crippen LogP contribution is 2.18. The summed E-state index contributed by atoms with van der Waals surface area (Å²) in [6.07, 6.45) is 2.57. The van der Waals surface area contributed by atoms with Gasteiger partial charge in [-0.1, -0.05) is 20.8 Å². The second-order valence-corrected chi connectivity index (χ2v) is 5.04. The number of thiazole rings is 1. The maximum Gasteiger partial charge on any atom is 0.237 e. The molecule has 0 aromatic carbocycles. The van der Waals surface area contributed by atoms with Crippen molar-refractivity contribution in [3.8, 4) is 0 Å². The SMILES string of the molecule is CCC(NC(=O)[C@H](N)C(C)C)c1nccs1. The minimum Gasteiger partial charge on any atom is -0.346 e. The van der Waals surface area contributed by atoms with Crippen molar-refractivity contribution < 1.29 is 4.79 Å². The van der Waals surface area contributed by atoms with E-state index in [1.54, 1.807) is 17.5 Å². The summed E-state index contributed by atoms with van der Waals surface area (Å²) in [5.41, 5.74) is 5.79. The summed E-state index contributed by atoms with van der Waals surface area (Å²) >= 11 is 1.55. The molecule has 16 heavy (non-hydrogen) atoms. The first-order valence-corrected chi connectivity index (χ1v) is 6.39. The summed E-state index contributed by atoms with van der Waals surface area (Å²) in [7, 11) is 0. The van der Waals surface area contributed by atoms with Crippen molar-refractivity contribution >= 4 is 17.2 Å². The lowest BCUT2D eigenvalue weighted by Gasteiger charge is -2.20. The Balaban J connectivity index is 2.61. The van der Waals surface area contributed by atoms with E-state index in [-0.39, 0.29) is 17.9 Å². The molecule has 2 atom stereocenters. The van der Waals surface area contributed by atoms with Crippen LogP contribution in [-0.2, 0) is 4.79 Å². The van der Waals surface area contributed by atoms with Crippen LogP contribution in [0.15, 0.2) is 11.6 Å². The molecule has 0 aliphatic rings. The Morgan fingerprint density at radius 3 is 2.75 bits per heavy atom. The zero-order valence-electron chi connectivity index (χ0n) is 9.93. The van der Waals surface area contributed by atoms with Crippen LogP contribution in [-0.4, -0.2) is 16.9 Å². The highest BCUT2D eigenvalue weighted by atomic mass is 32.1. The number of amides is 1. The van der Waals surface area contributed by atoms with E-state index in [0.717, 1.165) is 11.4 Å². The van der Waals surface area contributed by atoms with Gasteiger partial charge in [-0.25, -0.2) is 4.98 Å². The van der Waals surface area contributed by atoms with Crippen molar-refractivity contribution in [2.75, 3.05) is 0 Å². The number of rotatable bonds is 5. The number of hydrogen-bond acceptors (Lipinski definition) is 4. The number of carbonyl (C=O) groups excluding carboxylic acids is 1. The Hall–Kier alpha value is -0.940. The first-order valence-electron chi connectivity index (χ1n) is 5.51. The average molecular weight is 241 g/mol. The quantitative estimate of drug-likeness (QED) is 0.824. The molecule has 1 aromatic rings. The van der Waals surface area contributed by atoms with Crippen molar-refractivity contribution in [3.63, 3.8) is 0 Å². The van der Waals surface area contributed by atoms with Gasteiger partial charge in [-0.05, 0) is 12.3 Å². The van der Waals surface area contributed by atoms with Gasteiger partial charge in [-0.2, -0.15) is 0 Å². The predicted octanol–water partition coefficient (Wildman–Crippen LogP) is 1.69. The Kier molecular flexibility index (Phi) is 4.89. The fourth-order valence-corrected chi connectivity index (χ4v) is 2.09. The van der Waals surface area contributed by atoms with Crippen LogP contribution in [0.1, 0.15) is 38.2 Å². The van der Waals surface area contributed by atoms with Gasteiger partial charge in [0.2, 0.25) is 5.91 Å². The molecule has 0 aliphatic carbocycles. The number of nitrogens with two attached hydrogens (primary N) is 1. The van der Waals surface area contributed by atoms with Crippen LogP contribution in [0.5, 0.6) is 0 Å². The highest BCUT2D eigenvalue weighted by molar-refractivity contribution is 7.09. The molecular weight excluding hydrogens is 222 g/mol. The van der Waals surface area contributed by atoms with Crippen LogP contribution < -0.4 is 11.1 Å². The fourth-order valence-electron chi connectivity index (χ4n) is 1.32. The fraction of sp³-hybridized carbons (Fsp3) is 0.636. The van der Waals surface area contributed by atoms with Gasteiger partial charge >= 0.3 is 0 Å². The second kappa shape index (κ2) is 5.96. The smallest absolute Gasteiger partial charge is 0.237 e. The lowest BCUT2D eigenvalue weighted by molar-refractivity contribution is -0.124. The molecule has 0 spiro atoms. The van der Waals surface area contributed by atoms with E-state index < -0.39 is 6.04 Å². The third-order valence-electron chi connectivity index (χ3n) is 2.50. The standard InChI is InChI=1S/C11H19N3OS/c1-4-8(11-13-5-6-16-11)14-10(15)9(12)7(2)3/h5-9H,4,12H2,1-3H3,(H,14,15)/t8?,9-/m1/s1. The van der Waals surface area contributed by atoms with Gasteiger partial charge in [0, 0.05) is 11.6 Å². The van der Waals surface area contributed by atoms with Gasteiger partial charge in [0.25, 0.3) is 0 Å². The molecule has 5 heteroatoms. The van der Waals surface area contributed by atoms with Crippen LogP contribution in [0.2, 0.25) is 0 Å². The van der Waals surface area contributed by atoms with Crippen molar-refractivity contribution in [1.29, 1.82) is 0 Å². The average Bonchev–Trinajstić information content (AvgIpc) is 2.77. The van der Waals surface area contributed by atoms with Gasteiger partial charge in [0.05, 0.1) is 12.1 Å². The molecule has 0 bridgehead atoms. The molecule has 1 unspecified atom stereocenters. The molecule has 0 fully saturated rings. The van der Waals surface area contributed by atoms with Crippen LogP contribution in [0.3, 0.4) is 0 Å². The summed E-state index contributed by atoms with van der Waals surface area (Å²) in [6.45, 7) is 5.90.